The zero-order chi connectivity index (χ0) is 18.4. The summed E-state index contributed by atoms with van der Waals surface area (Å²) >= 11 is 1.37. The highest BCUT2D eigenvalue weighted by molar-refractivity contribution is 8.00. The summed E-state index contributed by atoms with van der Waals surface area (Å²) < 4.78 is 15.7. The van der Waals surface area contributed by atoms with E-state index in [0.717, 1.165) is 10.5 Å². The van der Waals surface area contributed by atoms with Crippen LogP contribution < -0.4 is 14.8 Å². The molecule has 0 bridgehead atoms. The van der Waals surface area contributed by atoms with Crippen LogP contribution in [0.2, 0.25) is 0 Å². The van der Waals surface area contributed by atoms with Crippen molar-refractivity contribution in [3.05, 3.63) is 54.1 Å². The lowest BCUT2D eigenvalue weighted by Crippen LogP contribution is -2.35. The molecular weight excluding hydrogens is 354 g/mol. The quantitative estimate of drug-likeness (QED) is 0.594. The number of carbonyl (C=O) groups excluding carboxylic acids is 2. The van der Waals surface area contributed by atoms with Crippen LogP contribution in [0.5, 0.6) is 11.5 Å². The number of benzene rings is 2. The largest absolute Gasteiger partial charge is 0.454 e. The van der Waals surface area contributed by atoms with Crippen molar-refractivity contribution < 1.29 is 23.8 Å². The fraction of sp³-hybridized carbons (Fsp3) is 0.263. The topological polar surface area (TPSA) is 73.9 Å². The first-order valence-corrected chi connectivity index (χ1v) is 9.14. The third-order valence-corrected chi connectivity index (χ3v) is 4.67. The Hall–Kier alpha value is -2.67. The molecule has 1 aliphatic rings. The van der Waals surface area contributed by atoms with Crippen molar-refractivity contribution in [1.82, 2.24) is 5.32 Å². The molecule has 0 aromatic heterocycles. The number of hydrogen-bond donors (Lipinski definition) is 1. The third kappa shape index (κ3) is 4.92. The summed E-state index contributed by atoms with van der Waals surface area (Å²) in [5.41, 5.74) is 0.876. The predicted octanol–water partition coefficient (Wildman–Crippen LogP) is 2.76. The molecule has 26 heavy (non-hydrogen) atoms. The Morgan fingerprint density at radius 1 is 1.15 bits per heavy atom. The highest BCUT2D eigenvalue weighted by Crippen LogP contribution is 2.32. The number of nitrogens with one attached hydrogen (secondary N) is 1. The van der Waals surface area contributed by atoms with Crippen LogP contribution in [-0.2, 0) is 20.9 Å². The molecule has 0 fully saturated rings. The van der Waals surface area contributed by atoms with E-state index in [2.05, 4.69) is 5.32 Å². The number of carbonyl (C=O) groups is 2. The molecule has 1 heterocycles. The maximum absolute atomic E-state index is 12.1. The van der Waals surface area contributed by atoms with E-state index in [1.807, 2.05) is 42.5 Å². The van der Waals surface area contributed by atoms with Crippen LogP contribution in [0.4, 0.5) is 0 Å². The molecule has 136 valence electrons. The number of thioether (sulfide) groups is 1. The van der Waals surface area contributed by atoms with E-state index >= 15 is 0 Å². The number of esters is 1. The van der Waals surface area contributed by atoms with Gasteiger partial charge < -0.3 is 19.5 Å². The molecule has 7 heteroatoms. The average molecular weight is 373 g/mol. The SMILES string of the molecule is C[C@H](OC(=O)CSc1ccccc1)C(=O)NCc1ccc2c(c1)OCO2. The van der Waals surface area contributed by atoms with Gasteiger partial charge in [-0.15, -0.1) is 11.8 Å². The summed E-state index contributed by atoms with van der Waals surface area (Å²) in [7, 11) is 0. The van der Waals surface area contributed by atoms with Crippen molar-refractivity contribution in [2.75, 3.05) is 12.5 Å². The molecule has 0 unspecified atom stereocenters. The average Bonchev–Trinajstić information content (AvgIpc) is 3.13. The number of rotatable bonds is 7. The van der Waals surface area contributed by atoms with Crippen LogP contribution in [0.3, 0.4) is 0 Å². The smallest absolute Gasteiger partial charge is 0.317 e. The van der Waals surface area contributed by atoms with Gasteiger partial charge in [-0.2, -0.15) is 0 Å². The van der Waals surface area contributed by atoms with Crippen molar-refractivity contribution in [3.8, 4) is 11.5 Å². The fourth-order valence-electron chi connectivity index (χ4n) is 2.33. The van der Waals surface area contributed by atoms with Crippen molar-refractivity contribution >= 4 is 23.6 Å². The summed E-state index contributed by atoms with van der Waals surface area (Å²) in [5.74, 6) is 0.738. The van der Waals surface area contributed by atoms with Crippen LogP contribution in [0.1, 0.15) is 12.5 Å². The van der Waals surface area contributed by atoms with Crippen molar-refractivity contribution in [2.24, 2.45) is 0 Å². The Kier molecular flexibility index (Phi) is 6.01. The van der Waals surface area contributed by atoms with Gasteiger partial charge >= 0.3 is 5.97 Å². The first-order valence-electron chi connectivity index (χ1n) is 8.15. The minimum atomic E-state index is -0.854. The van der Waals surface area contributed by atoms with E-state index in [0.29, 0.717) is 18.0 Å². The first-order chi connectivity index (χ1) is 12.6. The Bertz CT molecular complexity index is 781. The molecular formula is C19H19NO5S. The van der Waals surface area contributed by atoms with Crippen LogP contribution in [-0.4, -0.2) is 30.5 Å². The molecule has 1 N–H and O–H groups in total. The zero-order valence-electron chi connectivity index (χ0n) is 14.3. The molecule has 2 aromatic rings. The lowest BCUT2D eigenvalue weighted by atomic mass is 10.2. The molecule has 1 atom stereocenters. The first kappa shape index (κ1) is 18.1. The van der Waals surface area contributed by atoms with Crippen molar-refractivity contribution in [2.45, 2.75) is 24.5 Å². The molecule has 6 nitrogen and oxygen atoms in total. The second-order valence-corrected chi connectivity index (χ2v) is 6.69. The van der Waals surface area contributed by atoms with Crippen molar-refractivity contribution in [3.63, 3.8) is 0 Å². The van der Waals surface area contributed by atoms with Gasteiger partial charge in [-0.1, -0.05) is 24.3 Å². The van der Waals surface area contributed by atoms with Crippen molar-refractivity contribution in [1.29, 1.82) is 0 Å². The summed E-state index contributed by atoms with van der Waals surface area (Å²) in [6.45, 7) is 2.08. The molecule has 1 amide bonds. The maximum Gasteiger partial charge on any atom is 0.317 e. The standard InChI is InChI=1S/C19H19NO5S/c1-13(25-18(21)11-26-15-5-3-2-4-6-15)19(22)20-10-14-7-8-16-17(9-14)24-12-23-16/h2-9,13H,10-12H2,1H3,(H,20,22)/t13-/m0/s1. The van der Waals surface area contributed by atoms with Gasteiger partial charge in [0.25, 0.3) is 5.91 Å². The minimum Gasteiger partial charge on any atom is -0.454 e. The second-order valence-electron chi connectivity index (χ2n) is 5.64. The summed E-state index contributed by atoms with van der Waals surface area (Å²) in [5, 5.41) is 2.75. The van der Waals surface area contributed by atoms with E-state index in [-0.39, 0.29) is 18.5 Å². The molecule has 0 spiro atoms. The van der Waals surface area contributed by atoms with Gasteiger partial charge in [0.2, 0.25) is 6.79 Å². The van der Waals surface area contributed by atoms with Gasteiger partial charge in [0.05, 0.1) is 5.75 Å². The molecule has 2 aromatic carbocycles. The fourth-order valence-corrected chi connectivity index (χ4v) is 3.03. The zero-order valence-corrected chi connectivity index (χ0v) is 15.1. The highest BCUT2D eigenvalue weighted by Gasteiger charge is 2.18. The van der Waals surface area contributed by atoms with E-state index in [1.165, 1.54) is 11.8 Å². The van der Waals surface area contributed by atoms with Crippen LogP contribution >= 0.6 is 11.8 Å². The molecule has 0 radical (unpaired) electrons. The minimum absolute atomic E-state index is 0.157. The Morgan fingerprint density at radius 3 is 2.73 bits per heavy atom. The van der Waals surface area contributed by atoms with E-state index in [1.54, 1.807) is 13.0 Å². The Labute approximate surface area is 155 Å². The van der Waals surface area contributed by atoms with E-state index < -0.39 is 12.1 Å². The third-order valence-electron chi connectivity index (χ3n) is 3.68. The molecule has 0 saturated heterocycles. The predicted molar refractivity (Wildman–Crippen MR) is 97.1 cm³/mol. The number of amides is 1. The Balaban J connectivity index is 1.42. The van der Waals surface area contributed by atoms with Crippen LogP contribution in [0.25, 0.3) is 0 Å². The highest BCUT2D eigenvalue weighted by atomic mass is 32.2. The Morgan fingerprint density at radius 2 is 1.92 bits per heavy atom. The van der Waals surface area contributed by atoms with Gasteiger partial charge in [-0.3, -0.25) is 9.59 Å². The van der Waals surface area contributed by atoms with Crippen LogP contribution in [0.15, 0.2) is 53.4 Å². The summed E-state index contributed by atoms with van der Waals surface area (Å²) in [6.07, 6.45) is -0.854. The van der Waals surface area contributed by atoms with E-state index in [4.69, 9.17) is 14.2 Å². The normalized spacial score (nSPS) is 13.1. The van der Waals surface area contributed by atoms with Crippen LogP contribution in [0, 0.1) is 0 Å². The van der Waals surface area contributed by atoms with Gasteiger partial charge in [0.1, 0.15) is 0 Å². The molecule has 1 aliphatic heterocycles. The number of hydrogen-bond acceptors (Lipinski definition) is 6. The number of fused-ring (bicyclic) bond motifs is 1. The lowest BCUT2D eigenvalue weighted by Gasteiger charge is -2.13. The van der Waals surface area contributed by atoms with Gasteiger partial charge in [0.15, 0.2) is 17.6 Å². The van der Waals surface area contributed by atoms with Gasteiger partial charge in [0, 0.05) is 11.4 Å². The molecule has 0 saturated carbocycles. The number of ether oxygens (including phenoxy) is 3. The molecule has 0 aliphatic carbocycles. The second kappa shape index (κ2) is 8.62. The lowest BCUT2D eigenvalue weighted by molar-refractivity contribution is -0.152. The molecule has 3 rings (SSSR count). The van der Waals surface area contributed by atoms with Gasteiger partial charge in [-0.05, 0) is 36.8 Å². The maximum atomic E-state index is 12.1. The van der Waals surface area contributed by atoms with Gasteiger partial charge in [-0.25, -0.2) is 0 Å². The summed E-state index contributed by atoms with van der Waals surface area (Å²) in [4.78, 5) is 25.0. The monoisotopic (exact) mass is 373 g/mol. The van der Waals surface area contributed by atoms with E-state index in [9.17, 15) is 9.59 Å². The summed E-state index contributed by atoms with van der Waals surface area (Å²) in [6, 6.07) is 15.0.